The van der Waals surface area contributed by atoms with Crippen molar-refractivity contribution in [2.45, 2.75) is 17.6 Å². The van der Waals surface area contributed by atoms with Crippen LogP contribution in [-0.2, 0) is 10.0 Å². The van der Waals surface area contributed by atoms with Gasteiger partial charge in [-0.3, -0.25) is 9.10 Å². The number of halogens is 1. The number of rotatable bonds is 2. The van der Waals surface area contributed by atoms with Gasteiger partial charge in [-0.25, -0.2) is 8.42 Å². The highest BCUT2D eigenvalue weighted by Crippen LogP contribution is 2.36. The lowest BCUT2D eigenvalue weighted by atomic mass is 10.0. The molecule has 0 N–H and O–H groups in total. The van der Waals surface area contributed by atoms with E-state index in [1.165, 1.54) is 15.6 Å². The normalized spacial score (nSPS) is 15.1. The van der Waals surface area contributed by atoms with Gasteiger partial charge in [0.25, 0.3) is 10.0 Å². The maximum Gasteiger partial charge on any atom is 0.273 e. The summed E-state index contributed by atoms with van der Waals surface area (Å²) in [5, 5.41) is 0. The number of carbonyl (C=O) groups is 1. The van der Waals surface area contributed by atoms with Crippen LogP contribution < -0.4 is 4.31 Å². The topological polar surface area (TPSA) is 54.5 Å². The summed E-state index contributed by atoms with van der Waals surface area (Å²) in [7, 11) is -3.63. The SMILES string of the molecule is Cc1cc(S(=O)(=O)N2CCC(=O)c3ccccc32)sc1Br. The summed E-state index contributed by atoms with van der Waals surface area (Å²) in [5.41, 5.74) is 1.83. The van der Waals surface area contributed by atoms with Gasteiger partial charge in [-0.05, 0) is 46.6 Å². The van der Waals surface area contributed by atoms with Gasteiger partial charge in [-0.1, -0.05) is 12.1 Å². The van der Waals surface area contributed by atoms with Crippen molar-refractivity contribution in [3.05, 3.63) is 45.2 Å². The Morgan fingerprint density at radius 1 is 1.29 bits per heavy atom. The summed E-state index contributed by atoms with van der Waals surface area (Å²) in [6.45, 7) is 2.04. The van der Waals surface area contributed by atoms with Crippen LogP contribution in [0, 0.1) is 6.92 Å². The summed E-state index contributed by atoms with van der Waals surface area (Å²) in [6.07, 6.45) is 0.210. The van der Waals surface area contributed by atoms with Crippen molar-refractivity contribution in [2.24, 2.45) is 0 Å². The highest BCUT2D eigenvalue weighted by molar-refractivity contribution is 9.11. The molecule has 1 aliphatic heterocycles. The summed E-state index contributed by atoms with van der Waals surface area (Å²) in [6, 6.07) is 8.51. The van der Waals surface area contributed by atoms with Gasteiger partial charge in [0, 0.05) is 18.5 Å². The van der Waals surface area contributed by atoms with Crippen LogP contribution in [0.25, 0.3) is 0 Å². The quantitative estimate of drug-likeness (QED) is 0.793. The molecule has 1 aromatic heterocycles. The third kappa shape index (κ3) is 2.43. The Hall–Kier alpha value is -1.18. The van der Waals surface area contributed by atoms with E-state index >= 15 is 0 Å². The lowest BCUT2D eigenvalue weighted by Crippen LogP contribution is -2.37. The maximum atomic E-state index is 12.8. The Labute approximate surface area is 135 Å². The predicted octanol–water partition coefficient (Wildman–Crippen LogP) is 3.60. The number of sulfonamides is 1. The highest BCUT2D eigenvalue weighted by Gasteiger charge is 2.33. The smallest absolute Gasteiger partial charge is 0.273 e. The van der Waals surface area contributed by atoms with Crippen LogP contribution in [-0.4, -0.2) is 20.7 Å². The molecule has 3 rings (SSSR count). The van der Waals surface area contributed by atoms with E-state index in [9.17, 15) is 13.2 Å². The largest absolute Gasteiger partial charge is 0.294 e. The second kappa shape index (κ2) is 5.23. The van der Waals surface area contributed by atoms with Crippen LogP contribution in [0.2, 0.25) is 0 Å². The van der Waals surface area contributed by atoms with Crippen LogP contribution in [0.1, 0.15) is 22.3 Å². The van der Waals surface area contributed by atoms with Gasteiger partial charge in [-0.2, -0.15) is 0 Å². The van der Waals surface area contributed by atoms with Gasteiger partial charge in [0.15, 0.2) is 5.78 Å². The monoisotopic (exact) mass is 385 g/mol. The molecule has 0 saturated heterocycles. The zero-order valence-corrected chi connectivity index (χ0v) is 14.4. The van der Waals surface area contributed by atoms with Crippen LogP contribution in [0.4, 0.5) is 5.69 Å². The molecule has 4 nitrogen and oxygen atoms in total. The molecular formula is C14H12BrNO3S2. The molecule has 0 bridgehead atoms. The first-order valence-corrected chi connectivity index (χ1v) is 9.37. The minimum absolute atomic E-state index is 0.0133. The van der Waals surface area contributed by atoms with Gasteiger partial charge in [0.2, 0.25) is 0 Å². The van der Waals surface area contributed by atoms with E-state index in [1.54, 1.807) is 30.3 Å². The molecule has 0 radical (unpaired) electrons. The van der Waals surface area contributed by atoms with E-state index < -0.39 is 10.0 Å². The van der Waals surface area contributed by atoms with Crippen molar-refractivity contribution in [1.82, 2.24) is 0 Å². The van der Waals surface area contributed by atoms with E-state index in [0.717, 1.165) is 9.35 Å². The van der Waals surface area contributed by atoms with Crippen LogP contribution in [0.5, 0.6) is 0 Å². The lowest BCUT2D eigenvalue weighted by Gasteiger charge is -2.29. The Morgan fingerprint density at radius 2 is 2.00 bits per heavy atom. The third-order valence-electron chi connectivity index (χ3n) is 3.39. The summed E-state index contributed by atoms with van der Waals surface area (Å²) in [4.78, 5) is 11.9. The van der Waals surface area contributed by atoms with Gasteiger partial charge in [0.05, 0.1) is 9.47 Å². The molecule has 110 valence electrons. The number of ketones is 1. The zero-order chi connectivity index (χ0) is 15.2. The third-order valence-corrected chi connectivity index (χ3v) is 7.79. The van der Waals surface area contributed by atoms with Gasteiger partial charge in [0.1, 0.15) is 4.21 Å². The molecule has 1 aliphatic rings. The van der Waals surface area contributed by atoms with Gasteiger partial charge < -0.3 is 0 Å². The van der Waals surface area contributed by atoms with Gasteiger partial charge in [-0.15, -0.1) is 11.3 Å². The first-order valence-electron chi connectivity index (χ1n) is 6.32. The minimum Gasteiger partial charge on any atom is -0.294 e. The van der Waals surface area contributed by atoms with E-state index in [1.807, 2.05) is 6.92 Å². The molecule has 1 aromatic carbocycles. The summed E-state index contributed by atoms with van der Waals surface area (Å²) in [5.74, 6) is -0.0133. The number of aryl methyl sites for hydroxylation is 1. The summed E-state index contributed by atoms with van der Waals surface area (Å²) >= 11 is 4.55. The average molecular weight is 386 g/mol. The number of para-hydroxylation sites is 1. The first kappa shape index (κ1) is 14.7. The van der Waals surface area contributed by atoms with Crippen molar-refractivity contribution >= 4 is 48.8 Å². The molecule has 2 heterocycles. The molecule has 0 amide bonds. The van der Waals surface area contributed by atoms with Crippen molar-refractivity contribution in [3.63, 3.8) is 0 Å². The second-order valence-electron chi connectivity index (χ2n) is 4.79. The Morgan fingerprint density at radius 3 is 2.67 bits per heavy atom. The van der Waals surface area contributed by atoms with Crippen molar-refractivity contribution < 1.29 is 13.2 Å². The number of thiophene rings is 1. The maximum absolute atomic E-state index is 12.8. The number of carbonyl (C=O) groups excluding carboxylic acids is 1. The van der Waals surface area contributed by atoms with E-state index in [2.05, 4.69) is 15.9 Å². The molecule has 2 aromatic rings. The van der Waals surface area contributed by atoms with Crippen molar-refractivity contribution in [2.75, 3.05) is 10.8 Å². The standard InChI is InChI=1S/C14H12BrNO3S2/c1-9-8-13(20-14(9)15)21(18,19)16-7-6-12(17)10-4-2-3-5-11(10)16/h2-5,8H,6-7H2,1H3. The fourth-order valence-electron chi connectivity index (χ4n) is 2.30. The molecule has 0 fully saturated rings. The van der Waals surface area contributed by atoms with E-state index in [0.29, 0.717) is 11.3 Å². The summed E-state index contributed by atoms with van der Waals surface area (Å²) < 4.78 is 28.1. The number of fused-ring (bicyclic) bond motifs is 1. The Kier molecular flexibility index (Phi) is 3.67. The molecule has 7 heteroatoms. The average Bonchev–Trinajstić information content (AvgIpc) is 2.80. The van der Waals surface area contributed by atoms with E-state index in [4.69, 9.17) is 0 Å². The molecule has 0 unspecified atom stereocenters. The van der Waals surface area contributed by atoms with Crippen LogP contribution >= 0.6 is 27.3 Å². The molecular weight excluding hydrogens is 374 g/mol. The minimum atomic E-state index is -3.63. The number of hydrogen-bond donors (Lipinski definition) is 0. The fourth-order valence-corrected chi connectivity index (χ4v) is 6.13. The number of anilines is 1. The fraction of sp³-hybridized carbons (Fsp3) is 0.214. The molecule has 0 spiro atoms. The number of Topliss-reactive ketones (excluding diaryl/α,β-unsaturated/α-hetero) is 1. The van der Waals surface area contributed by atoms with Crippen LogP contribution in [0.3, 0.4) is 0 Å². The first-order chi connectivity index (χ1) is 9.91. The van der Waals surface area contributed by atoms with Crippen LogP contribution in [0.15, 0.2) is 38.3 Å². The number of nitrogens with zero attached hydrogens (tertiary/aromatic N) is 1. The second-order valence-corrected chi connectivity index (χ2v) is 9.25. The van der Waals surface area contributed by atoms with Crippen molar-refractivity contribution in [3.8, 4) is 0 Å². The van der Waals surface area contributed by atoms with Gasteiger partial charge >= 0.3 is 0 Å². The molecule has 0 aliphatic carbocycles. The molecule has 0 atom stereocenters. The number of benzene rings is 1. The molecule has 0 saturated carbocycles. The zero-order valence-electron chi connectivity index (χ0n) is 11.2. The van der Waals surface area contributed by atoms with Crippen molar-refractivity contribution in [1.29, 1.82) is 0 Å². The number of hydrogen-bond acceptors (Lipinski definition) is 4. The Bertz CT molecular complexity index is 807. The highest BCUT2D eigenvalue weighted by atomic mass is 79.9. The lowest BCUT2D eigenvalue weighted by molar-refractivity contribution is 0.0982. The predicted molar refractivity (Wildman–Crippen MR) is 86.7 cm³/mol. The Balaban J connectivity index is 2.12. The molecule has 21 heavy (non-hydrogen) atoms. The van der Waals surface area contributed by atoms with E-state index in [-0.39, 0.29) is 23.0 Å².